The summed E-state index contributed by atoms with van der Waals surface area (Å²) in [5.74, 6) is 0.780. The van der Waals surface area contributed by atoms with Crippen LogP contribution in [0, 0.1) is 11.3 Å². The third-order valence-electron chi connectivity index (χ3n) is 2.79. The average Bonchev–Trinajstić information content (AvgIpc) is 3.06. The monoisotopic (exact) mass is 233 g/mol. The van der Waals surface area contributed by atoms with Gasteiger partial charge in [-0.05, 0) is 25.0 Å². The molecule has 0 unspecified atom stereocenters. The van der Waals surface area contributed by atoms with Crippen LogP contribution in [-0.4, -0.2) is 23.4 Å². The number of amides is 1. The molecule has 17 heavy (non-hydrogen) atoms. The summed E-state index contributed by atoms with van der Waals surface area (Å²) in [4.78, 5) is 13.9. The fourth-order valence-corrected chi connectivity index (χ4v) is 1.75. The van der Waals surface area contributed by atoms with Crippen molar-refractivity contribution in [2.45, 2.75) is 31.8 Å². The van der Waals surface area contributed by atoms with Gasteiger partial charge in [0.15, 0.2) is 5.76 Å². The number of nitriles is 1. The second kappa shape index (κ2) is 5.02. The predicted octanol–water partition coefficient (Wildman–Crippen LogP) is 1.26. The van der Waals surface area contributed by atoms with Crippen molar-refractivity contribution in [2.75, 3.05) is 6.54 Å². The van der Waals surface area contributed by atoms with E-state index in [-0.39, 0.29) is 18.5 Å². The minimum absolute atomic E-state index is 0.137. The number of carbonyl (C=O) groups excluding carboxylic acids is 1. The number of nitrogens with zero attached hydrogens (tertiary/aromatic N) is 2. The van der Waals surface area contributed by atoms with E-state index in [1.807, 2.05) is 0 Å². The van der Waals surface area contributed by atoms with Crippen LogP contribution >= 0.6 is 0 Å². The molecule has 1 aromatic rings. The van der Waals surface area contributed by atoms with Crippen molar-refractivity contribution in [3.8, 4) is 6.07 Å². The van der Waals surface area contributed by atoms with Gasteiger partial charge in [-0.3, -0.25) is 4.79 Å². The molecule has 1 aliphatic carbocycles. The quantitative estimate of drug-likeness (QED) is 0.829. The van der Waals surface area contributed by atoms with E-state index in [0.717, 1.165) is 12.8 Å². The fourth-order valence-electron chi connectivity index (χ4n) is 1.75. The van der Waals surface area contributed by atoms with Crippen molar-refractivity contribution in [2.24, 2.45) is 5.73 Å². The first-order valence-electron chi connectivity index (χ1n) is 5.73. The van der Waals surface area contributed by atoms with Crippen LogP contribution in [-0.2, 0) is 6.54 Å². The lowest BCUT2D eigenvalue weighted by molar-refractivity contribution is 0.0712. The molecule has 0 saturated heterocycles. The van der Waals surface area contributed by atoms with Crippen molar-refractivity contribution in [1.29, 1.82) is 5.26 Å². The second-order valence-corrected chi connectivity index (χ2v) is 4.11. The van der Waals surface area contributed by atoms with E-state index in [1.54, 1.807) is 17.0 Å². The molecule has 2 N–H and O–H groups in total. The van der Waals surface area contributed by atoms with Gasteiger partial charge in [-0.1, -0.05) is 0 Å². The lowest BCUT2D eigenvalue weighted by Gasteiger charge is -2.19. The van der Waals surface area contributed by atoms with Crippen LogP contribution in [0.1, 0.15) is 35.6 Å². The van der Waals surface area contributed by atoms with Gasteiger partial charge in [0, 0.05) is 12.6 Å². The highest BCUT2D eigenvalue weighted by atomic mass is 16.4. The minimum Gasteiger partial charge on any atom is -0.455 e. The van der Waals surface area contributed by atoms with Gasteiger partial charge in [-0.2, -0.15) is 5.26 Å². The molecule has 90 valence electrons. The van der Waals surface area contributed by atoms with E-state index < -0.39 is 0 Å². The molecule has 1 fully saturated rings. The maximum Gasteiger partial charge on any atom is 0.289 e. The molecule has 5 nitrogen and oxygen atoms in total. The lowest BCUT2D eigenvalue weighted by atomic mass is 10.3. The van der Waals surface area contributed by atoms with Crippen molar-refractivity contribution in [3.05, 3.63) is 23.7 Å². The molecule has 1 saturated carbocycles. The number of hydrogen-bond acceptors (Lipinski definition) is 4. The van der Waals surface area contributed by atoms with Crippen molar-refractivity contribution < 1.29 is 9.21 Å². The van der Waals surface area contributed by atoms with E-state index in [4.69, 9.17) is 15.4 Å². The van der Waals surface area contributed by atoms with Crippen LogP contribution in [0.3, 0.4) is 0 Å². The highest BCUT2D eigenvalue weighted by Gasteiger charge is 2.33. The minimum atomic E-state index is -0.137. The second-order valence-electron chi connectivity index (χ2n) is 4.11. The first-order chi connectivity index (χ1) is 8.26. The molecule has 1 aromatic heterocycles. The van der Waals surface area contributed by atoms with E-state index in [0.29, 0.717) is 24.5 Å². The van der Waals surface area contributed by atoms with Crippen LogP contribution in [0.4, 0.5) is 0 Å². The molecule has 2 rings (SSSR count). The van der Waals surface area contributed by atoms with Crippen LogP contribution in [0.15, 0.2) is 16.5 Å². The molecule has 0 spiro atoms. The van der Waals surface area contributed by atoms with Gasteiger partial charge in [0.2, 0.25) is 0 Å². The van der Waals surface area contributed by atoms with Crippen LogP contribution < -0.4 is 5.73 Å². The van der Waals surface area contributed by atoms with Gasteiger partial charge in [0.25, 0.3) is 5.91 Å². The van der Waals surface area contributed by atoms with Gasteiger partial charge in [0.1, 0.15) is 5.76 Å². The van der Waals surface area contributed by atoms with Crippen LogP contribution in [0.5, 0.6) is 0 Å². The summed E-state index contributed by atoms with van der Waals surface area (Å²) < 4.78 is 5.33. The Morgan fingerprint density at radius 3 is 2.88 bits per heavy atom. The van der Waals surface area contributed by atoms with Crippen LogP contribution in [0.25, 0.3) is 0 Å². The first-order valence-corrected chi connectivity index (χ1v) is 5.73. The molecule has 0 atom stereocenters. The van der Waals surface area contributed by atoms with Crippen molar-refractivity contribution in [1.82, 2.24) is 4.90 Å². The number of rotatable bonds is 5. The summed E-state index contributed by atoms with van der Waals surface area (Å²) in [5, 5.41) is 8.58. The summed E-state index contributed by atoms with van der Waals surface area (Å²) in [6.07, 6.45) is 2.38. The van der Waals surface area contributed by atoms with Gasteiger partial charge in [0.05, 0.1) is 19.0 Å². The molecule has 0 aromatic carbocycles. The maximum absolute atomic E-state index is 12.1. The molecule has 5 heteroatoms. The first kappa shape index (κ1) is 11.7. The Balaban J connectivity index is 2.07. The smallest absolute Gasteiger partial charge is 0.289 e. The normalized spacial score (nSPS) is 14.4. The molecule has 1 amide bonds. The Hall–Kier alpha value is -1.80. The van der Waals surface area contributed by atoms with Gasteiger partial charge in [-0.25, -0.2) is 0 Å². The number of carbonyl (C=O) groups is 1. The van der Waals surface area contributed by atoms with Crippen molar-refractivity contribution in [3.63, 3.8) is 0 Å². The largest absolute Gasteiger partial charge is 0.455 e. The summed E-state index contributed by atoms with van der Waals surface area (Å²) in [7, 11) is 0. The Bertz CT molecular complexity index is 443. The van der Waals surface area contributed by atoms with E-state index >= 15 is 0 Å². The maximum atomic E-state index is 12.1. The predicted molar refractivity (Wildman–Crippen MR) is 60.9 cm³/mol. The Kier molecular flexibility index (Phi) is 3.45. The molecule has 0 bridgehead atoms. The summed E-state index contributed by atoms with van der Waals surface area (Å²) in [6.45, 7) is 0.758. The van der Waals surface area contributed by atoms with Gasteiger partial charge < -0.3 is 15.1 Å². The Morgan fingerprint density at radius 2 is 2.35 bits per heavy atom. The Morgan fingerprint density at radius 1 is 1.59 bits per heavy atom. The molecule has 0 radical (unpaired) electrons. The third-order valence-corrected chi connectivity index (χ3v) is 2.79. The molecule has 0 aliphatic heterocycles. The zero-order chi connectivity index (χ0) is 12.3. The fraction of sp³-hybridized carbons (Fsp3) is 0.500. The Labute approximate surface area is 99.8 Å². The molecule has 1 heterocycles. The average molecular weight is 233 g/mol. The van der Waals surface area contributed by atoms with Crippen LogP contribution in [0.2, 0.25) is 0 Å². The highest BCUT2D eigenvalue weighted by Crippen LogP contribution is 2.28. The number of nitrogens with two attached hydrogens (primary N) is 1. The molecule has 1 aliphatic rings. The van der Waals surface area contributed by atoms with E-state index in [9.17, 15) is 4.79 Å². The standard InChI is InChI=1S/C12H15N3O2/c13-6-1-7-15(9-2-3-9)12(16)11-5-4-10(8-14)17-11/h4-5,9H,1-3,7-8,14H2. The summed E-state index contributed by atoms with van der Waals surface area (Å²) in [5.41, 5.74) is 5.43. The van der Waals surface area contributed by atoms with Crippen molar-refractivity contribution >= 4 is 5.91 Å². The van der Waals surface area contributed by atoms with Gasteiger partial charge in [-0.15, -0.1) is 0 Å². The number of furan rings is 1. The topological polar surface area (TPSA) is 83.3 Å². The molecular formula is C12H15N3O2. The zero-order valence-electron chi connectivity index (χ0n) is 9.56. The van der Waals surface area contributed by atoms with Gasteiger partial charge >= 0.3 is 0 Å². The summed E-state index contributed by atoms with van der Waals surface area (Å²) >= 11 is 0. The third kappa shape index (κ3) is 2.66. The lowest BCUT2D eigenvalue weighted by Crippen LogP contribution is -2.33. The summed E-state index contributed by atoms with van der Waals surface area (Å²) in [6, 6.07) is 5.69. The van der Waals surface area contributed by atoms with E-state index in [1.165, 1.54) is 0 Å². The highest BCUT2D eigenvalue weighted by molar-refractivity contribution is 5.92. The molecular weight excluding hydrogens is 218 g/mol. The number of hydrogen-bond donors (Lipinski definition) is 1. The van der Waals surface area contributed by atoms with E-state index in [2.05, 4.69) is 6.07 Å². The zero-order valence-corrected chi connectivity index (χ0v) is 9.56. The SMILES string of the molecule is N#CCCN(C(=O)c1ccc(CN)o1)C1CC1.